The Morgan fingerprint density at radius 1 is 1.41 bits per heavy atom. The van der Waals surface area contributed by atoms with Crippen molar-refractivity contribution >= 4 is 26.0 Å². The molecule has 3 nitrogen and oxygen atoms in total. The molecule has 0 spiro atoms. The first-order valence-electron chi connectivity index (χ1n) is 5.64. The maximum atomic E-state index is 12.3. The van der Waals surface area contributed by atoms with Gasteiger partial charge in [0.15, 0.2) is 0 Å². The van der Waals surface area contributed by atoms with Crippen molar-refractivity contribution in [1.82, 2.24) is 4.31 Å². The van der Waals surface area contributed by atoms with Crippen LogP contribution in [-0.2, 0) is 10.0 Å². The predicted molar refractivity (Wildman–Crippen MR) is 71.2 cm³/mol. The topological polar surface area (TPSA) is 37.4 Å². The van der Waals surface area contributed by atoms with Crippen LogP contribution < -0.4 is 0 Å². The van der Waals surface area contributed by atoms with Gasteiger partial charge < -0.3 is 0 Å². The summed E-state index contributed by atoms with van der Waals surface area (Å²) in [6.45, 7) is 2.77. The van der Waals surface area contributed by atoms with Crippen LogP contribution in [-0.4, -0.2) is 26.3 Å². The molecule has 94 valence electrons. The van der Waals surface area contributed by atoms with Crippen molar-refractivity contribution in [2.45, 2.75) is 18.2 Å². The summed E-state index contributed by atoms with van der Waals surface area (Å²) in [5, 5.41) is 0. The Balaban J connectivity index is 2.21. The van der Waals surface area contributed by atoms with E-state index in [0.29, 0.717) is 27.7 Å². The van der Waals surface area contributed by atoms with Crippen molar-refractivity contribution in [2.75, 3.05) is 13.6 Å². The van der Waals surface area contributed by atoms with Crippen molar-refractivity contribution in [3.63, 3.8) is 0 Å². The SMILES string of the molecule is CC1CC1CN(C)S(=O)(=O)c1ccccc1Br. The van der Waals surface area contributed by atoms with Gasteiger partial charge in [-0.25, -0.2) is 12.7 Å². The summed E-state index contributed by atoms with van der Waals surface area (Å²) in [5.74, 6) is 1.18. The fraction of sp³-hybridized carbons (Fsp3) is 0.500. The molecule has 2 rings (SSSR count). The molecule has 0 amide bonds. The molecule has 0 radical (unpaired) electrons. The molecule has 2 unspecified atom stereocenters. The zero-order chi connectivity index (χ0) is 12.6. The Kier molecular flexibility index (Phi) is 3.61. The molecule has 0 saturated heterocycles. The maximum absolute atomic E-state index is 12.3. The number of hydrogen-bond donors (Lipinski definition) is 0. The molecule has 0 aliphatic heterocycles. The van der Waals surface area contributed by atoms with Gasteiger partial charge in [-0.05, 0) is 46.3 Å². The quantitative estimate of drug-likeness (QED) is 0.856. The Bertz CT molecular complexity index is 515. The van der Waals surface area contributed by atoms with E-state index in [1.165, 1.54) is 4.31 Å². The van der Waals surface area contributed by atoms with E-state index in [-0.39, 0.29) is 0 Å². The van der Waals surface area contributed by atoms with E-state index in [0.717, 1.165) is 6.42 Å². The fourth-order valence-electron chi connectivity index (χ4n) is 1.90. The fourth-order valence-corrected chi connectivity index (χ4v) is 4.09. The summed E-state index contributed by atoms with van der Waals surface area (Å²) in [5.41, 5.74) is 0. The van der Waals surface area contributed by atoms with Crippen LogP contribution in [0.3, 0.4) is 0 Å². The summed E-state index contributed by atoms with van der Waals surface area (Å²) in [7, 11) is -1.71. The van der Waals surface area contributed by atoms with Crippen molar-refractivity contribution in [3.05, 3.63) is 28.7 Å². The molecule has 1 saturated carbocycles. The lowest BCUT2D eigenvalue weighted by Gasteiger charge is -2.17. The second-order valence-electron chi connectivity index (χ2n) is 4.69. The summed E-state index contributed by atoms with van der Waals surface area (Å²) in [6.07, 6.45) is 1.13. The van der Waals surface area contributed by atoms with Crippen LogP contribution in [0.5, 0.6) is 0 Å². The van der Waals surface area contributed by atoms with Gasteiger partial charge in [0.05, 0.1) is 4.90 Å². The van der Waals surface area contributed by atoms with Crippen LogP contribution in [0.4, 0.5) is 0 Å². The third kappa shape index (κ3) is 2.72. The third-order valence-electron chi connectivity index (χ3n) is 3.29. The molecule has 1 aromatic carbocycles. The van der Waals surface area contributed by atoms with Crippen molar-refractivity contribution in [2.24, 2.45) is 11.8 Å². The second-order valence-corrected chi connectivity index (χ2v) is 7.56. The smallest absolute Gasteiger partial charge is 0.207 e. The third-order valence-corrected chi connectivity index (χ3v) is 6.13. The molecule has 1 aliphatic carbocycles. The van der Waals surface area contributed by atoms with E-state index in [9.17, 15) is 8.42 Å². The van der Waals surface area contributed by atoms with Crippen molar-refractivity contribution in [3.8, 4) is 0 Å². The number of benzene rings is 1. The average molecular weight is 318 g/mol. The van der Waals surface area contributed by atoms with Crippen LogP contribution in [0.15, 0.2) is 33.6 Å². The molecule has 0 bridgehead atoms. The number of sulfonamides is 1. The Hall–Kier alpha value is -0.390. The van der Waals surface area contributed by atoms with E-state index in [2.05, 4.69) is 22.9 Å². The molecule has 0 heterocycles. The molecule has 2 atom stereocenters. The maximum Gasteiger partial charge on any atom is 0.243 e. The number of nitrogens with zero attached hydrogens (tertiary/aromatic N) is 1. The van der Waals surface area contributed by atoms with Gasteiger partial charge in [-0.2, -0.15) is 0 Å². The molecule has 5 heteroatoms. The van der Waals surface area contributed by atoms with Crippen LogP contribution in [0, 0.1) is 11.8 Å². The van der Waals surface area contributed by atoms with Gasteiger partial charge in [0, 0.05) is 18.1 Å². The van der Waals surface area contributed by atoms with E-state index < -0.39 is 10.0 Å². The minimum Gasteiger partial charge on any atom is -0.207 e. The molecule has 1 aliphatic rings. The van der Waals surface area contributed by atoms with Gasteiger partial charge in [-0.15, -0.1) is 0 Å². The van der Waals surface area contributed by atoms with Gasteiger partial charge >= 0.3 is 0 Å². The normalized spacial score (nSPS) is 24.0. The van der Waals surface area contributed by atoms with Gasteiger partial charge in [-0.1, -0.05) is 19.1 Å². The zero-order valence-corrected chi connectivity index (χ0v) is 12.3. The molecule has 0 N–H and O–H groups in total. The molecule has 1 fully saturated rings. The lowest BCUT2D eigenvalue weighted by molar-refractivity contribution is 0.444. The largest absolute Gasteiger partial charge is 0.243 e. The lowest BCUT2D eigenvalue weighted by atomic mass is 10.3. The molecular formula is C12H16BrNO2S. The minimum absolute atomic E-state index is 0.343. The molecule has 1 aromatic rings. The highest BCUT2D eigenvalue weighted by Gasteiger charge is 2.36. The monoisotopic (exact) mass is 317 g/mol. The standard InChI is InChI=1S/C12H16BrNO2S/c1-9-7-10(9)8-14(2)17(15,16)12-6-4-3-5-11(12)13/h3-6,9-10H,7-8H2,1-2H3. The van der Waals surface area contributed by atoms with E-state index in [1.54, 1.807) is 25.2 Å². The highest BCUT2D eigenvalue weighted by atomic mass is 79.9. The summed E-state index contributed by atoms with van der Waals surface area (Å²) < 4.78 is 26.7. The van der Waals surface area contributed by atoms with Gasteiger partial charge in [0.25, 0.3) is 0 Å². The lowest BCUT2D eigenvalue weighted by Crippen LogP contribution is -2.29. The second kappa shape index (κ2) is 4.71. The highest BCUT2D eigenvalue weighted by Crippen LogP contribution is 2.39. The first-order valence-corrected chi connectivity index (χ1v) is 7.87. The molecule has 0 aromatic heterocycles. The predicted octanol–water partition coefficient (Wildman–Crippen LogP) is 2.73. The van der Waals surface area contributed by atoms with Crippen molar-refractivity contribution in [1.29, 1.82) is 0 Å². The summed E-state index contributed by atoms with van der Waals surface area (Å²) in [4.78, 5) is 0.343. The molecule has 17 heavy (non-hydrogen) atoms. The van der Waals surface area contributed by atoms with Crippen LogP contribution in [0.2, 0.25) is 0 Å². The first-order chi connectivity index (χ1) is 7.93. The summed E-state index contributed by atoms with van der Waals surface area (Å²) >= 11 is 3.29. The van der Waals surface area contributed by atoms with Crippen LogP contribution in [0.1, 0.15) is 13.3 Å². The number of halogens is 1. The summed E-state index contributed by atoms with van der Waals surface area (Å²) in [6, 6.07) is 6.93. The van der Waals surface area contributed by atoms with Gasteiger partial charge in [0.2, 0.25) is 10.0 Å². The van der Waals surface area contributed by atoms with Crippen molar-refractivity contribution < 1.29 is 8.42 Å². The minimum atomic E-state index is -3.36. The Labute approximate surface area is 111 Å². The van der Waals surface area contributed by atoms with Gasteiger partial charge in [-0.3, -0.25) is 0 Å². The van der Waals surface area contributed by atoms with Crippen LogP contribution >= 0.6 is 15.9 Å². The van der Waals surface area contributed by atoms with Crippen LogP contribution in [0.25, 0.3) is 0 Å². The van der Waals surface area contributed by atoms with E-state index >= 15 is 0 Å². The van der Waals surface area contributed by atoms with E-state index in [4.69, 9.17) is 0 Å². The molecular weight excluding hydrogens is 302 g/mol. The highest BCUT2D eigenvalue weighted by molar-refractivity contribution is 9.10. The Morgan fingerprint density at radius 2 is 2.00 bits per heavy atom. The zero-order valence-electron chi connectivity index (χ0n) is 9.93. The number of rotatable bonds is 4. The first kappa shape index (κ1) is 13.1. The Morgan fingerprint density at radius 3 is 2.53 bits per heavy atom. The van der Waals surface area contributed by atoms with Gasteiger partial charge in [0.1, 0.15) is 0 Å². The number of hydrogen-bond acceptors (Lipinski definition) is 2. The average Bonchev–Trinajstić information content (AvgIpc) is 2.94. The van der Waals surface area contributed by atoms with E-state index in [1.807, 2.05) is 6.07 Å².